The number of carbonyl (C=O) groups is 1. The Morgan fingerprint density at radius 2 is 1.76 bits per heavy atom. The second-order valence-corrected chi connectivity index (χ2v) is 8.72. The van der Waals surface area contributed by atoms with Crippen molar-refractivity contribution in [3.8, 4) is 5.75 Å². The number of halogens is 2. The fourth-order valence-electron chi connectivity index (χ4n) is 2.00. The van der Waals surface area contributed by atoms with Crippen molar-refractivity contribution in [1.29, 1.82) is 0 Å². The van der Waals surface area contributed by atoms with Gasteiger partial charge in [-0.2, -0.15) is 0 Å². The van der Waals surface area contributed by atoms with Gasteiger partial charge in [-0.15, -0.1) is 0 Å². The van der Waals surface area contributed by atoms with Crippen LogP contribution in [0.15, 0.2) is 36.4 Å². The summed E-state index contributed by atoms with van der Waals surface area (Å²) in [6.07, 6.45) is -3.62. The van der Waals surface area contributed by atoms with Crippen LogP contribution in [0.3, 0.4) is 0 Å². The molecule has 1 unspecified atom stereocenters. The van der Waals surface area contributed by atoms with E-state index in [0.29, 0.717) is 5.75 Å². The van der Waals surface area contributed by atoms with Gasteiger partial charge in [-0.05, 0) is 35.4 Å². The Kier molecular flexibility index (Phi) is 4.82. The summed E-state index contributed by atoms with van der Waals surface area (Å²) in [5.74, 6) is -0.314. The molecule has 0 amide bonds. The minimum absolute atomic E-state index is 0.292. The minimum Gasteiger partial charge on any atom is -0.469 e. The average molecular weight is 347 g/mol. The average Bonchev–Trinajstić information content (AvgIpc) is 2.43. The third kappa shape index (κ3) is 4.13. The molecule has 0 fully saturated rings. The number of methoxy groups -OCH3 is 1. The molecule has 21 heavy (non-hydrogen) atoms. The number of benzene rings is 2. The molecule has 0 aliphatic heterocycles. The van der Waals surface area contributed by atoms with Crippen LogP contribution in [0, 0.1) is 0 Å². The summed E-state index contributed by atoms with van der Waals surface area (Å²) in [6.45, 7) is 1.78. The molecule has 2 aromatic carbocycles. The van der Waals surface area contributed by atoms with Gasteiger partial charge in [-0.1, -0.05) is 24.3 Å². The monoisotopic (exact) mass is 346 g/mol. The maximum Gasteiger partial charge on any atom is 0.428 e. The standard InChI is InChI=1S/C14H13Cl2O4P/c1-9(14(17)19-2)10-3-4-12-8-13(20-21(15,16)18)6-5-11(12)7-10/h3-9H,1-2H3. The van der Waals surface area contributed by atoms with Gasteiger partial charge in [0.25, 0.3) is 0 Å². The zero-order valence-electron chi connectivity index (χ0n) is 11.4. The predicted octanol–water partition coefficient (Wildman–Crippen LogP) is 5.08. The van der Waals surface area contributed by atoms with Crippen molar-refractivity contribution in [2.24, 2.45) is 0 Å². The molecule has 7 heteroatoms. The molecule has 4 nitrogen and oxygen atoms in total. The smallest absolute Gasteiger partial charge is 0.428 e. The van der Waals surface area contributed by atoms with E-state index in [4.69, 9.17) is 31.7 Å². The van der Waals surface area contributed by atoms with Gasteiger partial charge in [-0.25, -0.2) is 4.57 Å². The molecule has 2 aromatic rings. The highest BCUT2D eigenvalue weighted by Gasteiger charge is 2.17. The first-order valence-electron chi connectivity index (χ1n) is 6.10. The molecule has 0 spiro atoms. The maximum absolute atomic E-state index is 11.6. The van der Waals surface area contributed by atoms with E-state index in [0.717, 1.165) is 16.3 Å². The van der Waals surface area contributed by atoms with E-state index in [2.05, 4.69) is 0 Å². The van der Waals surface area contributed by atoms with Crippen LogP contribution < -0.4 is 4.52 Å². The van der Waals surface area contributed by atoms with Crippen LogP contribution in [-0.2, 0) is 14.1 Å². The molecule has 0 bridgehead atoms. The summed E-state index contributed by atoms with van der Waals surface area (Å²) in [5, 5.41) is 1.77. The first-order chi connectivity index (χ1) is 9.80. The second-order valence-electron chi connectivity index (χ2n) is 4.52. The zero-order chi connectivity index (χ0) is 15.6. The Hall–Kier alpha value is -1.22. The van der Waals surface area contributed by atoms with E-state index in [1.807, 2.05) is 18.2 Å². The Balaban J connectivity index is 2.36. The van der Waals surface area contributed by atoms with E-state index in [-0.39, 0.29) is 11.9 Å². The van der Waals surface area contributed by atoms with E-state index in [1.54, 1.807) is 25.1 Å². The van der Waals surface area contributed by atoms with Gasteiger partial charge < -0.3 is 9.26 Å². The predicted molar refractivity (Wildman–Crippen MR) is 84.3 cm³/mol. The van der Waals surface area contributed by atoms with Crippen LogP contribution in [0.4, 0.5) is 0 Å². The van der Waals surface area contributed by atoms with Crippen molar-refractivity contribution in [2.45, 2.75) is 12.8 Å². The van der Waals surface area contributed by atoms with Crippen LogP contribution in [0.1, 0.15) is 18.4 Å². The Morgan fingerprint density at radius 1 is 1.14 bits per heavy atom. The van der Waals surface area contributed by atoms with Crippen molar-refractivity contribution >= 4 is 45.3 Å². The van der Waals surface area contributed by atoms with Crippen LogP contribution in [0.25, 0.3) is 10.8 Å². The maximum atomic E-state index is 11.6. The van der Waals surface area contributed by atoms with E-state index in [1.165, 1.54) is 7.11 Å². The second kappa shape index (κ2) is 6.27. The van der Waals surface area contributed by atoms with Crippen molar-refractivity contribution in [3.63, 3.8) is 0 Å². The quantitative estimate of drug-likeness (QED) is 0.572. The SMILES string of the molecule is COC(=O)C(C)c1ccc2cc(OP(=O)(Cl)Cl)ccc2c1. The van der Waals surface area contributed by atoms with Gasteiger partial charge in [0.05, 0.1) is 13.0 Å². The minimum atomic E-state index is -3.62. The van der Waals surface area contributed by atoms with Crippen molar-refractivity contribution < 1.29 is 18.6 Å². The molecule has 0 saturated carbocycles. The van der Waals surface area contributed by atoms with Gasteiger partial charge in [0, 0.05) is 22.5 Å². The largest absolute Gasteiger partial charge is 0.469 e. The fraction of sp³-hybridized carbons (Fsp3) is 0.214. The first kappa shape index (κ1) is 16.2. The van der Waals surface area contributed by atoms with Gasteiger partial charge in [-0.3, -0.25) is 4.79 Å². The molecule has 0 aliphatic rings. The molecule has 0 radical (unpaired) electrons. The topological polar surface area (TPSA) is 52.6 Å². The zero-order valence-corrected chi connectivity index (χ0v) is 13.8. The summed E-state index contributed by atoms with van der Waals surface area (Å²) in [4.78, 5) is 11.6. The highest BCUT2D eigenvalue weighted by atomic mass is 35.9. The van der Waals surface area contributed by atoms with Gasteiger partial charge in [0.1, 0.15) is 5.75 Å². The fourth-order valence-corrected chi connectivity index (χ4v) is 2.84. The number of hydrogen-bond acceptors (Lipinski definition) is 4. The molecule has 0 aromatic heterocycles. The van der Waals surface area contributed by atoms with Gasteiger partial charge in [0.2, 0.25) is 0 Å². The number of esters is 1. The van der Waals surface area contributed by atoms with Gasteiger partial charge >= 0.3 is 12.0 Å². The lowest BCUT2D eigenvalue weighted by atomic mass is 9.98. The van der Waals surface area contributed by atoms with Crippen LogP contribution in [0.5, 0.6) is 5.75 Å². The first-order valence-corrected chi connectivity index (χ1v) is 9.54. The van der Waals surface area contributed by atoms with Crippen molar-refractivity contribution in [2.75, 3.05) is 7.11 Å². The highest BCUT2D eigenvalue weighted by molar-refractivity contribution is 8.05. The van der Waals surface area contributed by atoms with E-state index in [9.17, 15) is 9.36 Å². The lowest BCUT2D eigenvalue weighted by Gasteiger charge is -2.11. The molecule has 112 valence electrons. The Labute approximate surface area is 132 Å². The molecular weight excluding hydrogens is 334 g/mol. The van der Waals surface area contributed by atoms with Crippen LogP contribution in [0.2, 0.25) is 0 Å². The van der Waals surface area contributed by atoms with E-state index < -0.39 is 6.07 Å². The summed E-state index contributed by atoms with van der Waals surface area (Å²) in [6, 6.07) is 10.6. The lowest BCUT2D eigenvalue weighted by molar-refractivity contribution is -0.141. The third-order valence-electron chi connectivity index (χ3n) is 3.10. The van der Waals surface area contributed by atoms with Gasteiger partial charge in [0.15, 0.2) is 0 Å². The Bertz CT molecular complexity index is 726. The number of ether oxygens (including phenoxy) is 1. The molecule has 0 saturated heterocycles. The molecule has 0 N–H and O–H groups in total. The highest BCUT2D eigenvalue weighted by Crippen LogP contribution is 2.57. The molecule has 0 aliphatic carbocycles. The van der Waals surface area contributed by atoms with E-state index >= 15 is 0 Å². The van der Waals surface area contributed by atoms with Crippen LogP contribution in [-0.4, -0.2) is 13.1 Å². The summed E-state index contributed by atoms with van der Waals surface area (Å²) >= 11 is 10.8. The third-order valence-corrected chi connectivity index (χ3v) is 3.94. The number of carbonyl (C=O) groups excluding carboxylic acids is 1. The van der Waals surface area contributed by atoms with Crippen molar-refractivity contribution in [1.82, 2.24) is 0 Å². The summed E-state index contributed by atoms with van der Waals surface area (Å²) in [5.41, 5.74) is 0.850. The Morgan fingerprint density at radius 3 is 2.38 bits per heavy atom. The number of hydrogen-bond donors (Lipinski definition) is 0. The molecular formula is C14H13Cl2O4P. The number of fused-ring (bicyclic) bond motifs is 1. The normalized spacial score (nSPS) is 13.0. The molecule has 2 rings (SSSR count). The molecule has 0 heterocycles. The van der Waals surface area contributed by atoms with Crippen LogP contribution >= 0.6 is 28.6 Å². The number of rotatable bonds is 4. The summed E-state index contributed by atoms with van der Waals surface area (Å²) in [7, 11) is 1.36. The lowest BCUT2D eigenvalue weighted by Crippen LogP contribution is -2.10. The van der Waals surface area contributed by atoms with Crippen molar-refractivity contribution in [3.05, 3.63) is 42.0 Å². The molecule has 1 atom stereocenters. The summed E-state index contributed by atoms with van der Waals surface area (Å²) < 4.78 is 20.9.